The zero-order valence-electron chi connectivity index (χ0n) is 13.2. The Bertz CT molecular complexity index is 650. The number of imidazole rings is 1. The molecule has 0 bridgehead atoms. The number of carbonyl (C=O) groups is 1. The van der Waals surface area contributed by atoms with Crippen molar-refractivity contribution >= 4 is 23.4 Å². The molecule has 0 unspecified atom stereocenters. The van der Waals surface area contributed by atoms with Crippen LogP contribution in [0.4, 0.5) is 5.95 Å². The van der Waals surface area contributed by atoms with Crippen molar-refractivity contribution < 1.29 is 4.79 Å². The van der Waals surface area contributed by atoms with E-state index in [0.717, 1.165) is 48.0 Å². The highest BCUT2D eigenvalue weighted by Gasteiger charge is 2.24. The normalized spacial score (nSPS) is 16.0. The second-order valence-electron chi connectivity index (χ2n) is 5.77. The van der Waals surface area contributed by atoms with Crippen LogP contribution in [0.25, 0.3) is 0 Å². The lowest BCUT2D eigenvalue weighted by atomic mass is 10.0. The zero-order valence-corrected chi connectivity index (χ0v) is 14.0. The Morgan fingerprint density at radius 2 is 2.09 bits per heavy atom. The highest BCUT2D eigenvalue weighted by molar-refractivity contribution is 7.06. The van der Waals surface area contributed by atoms with E-state index in [-0.39, 0.29) is 11.9 Å². The summed E-state index contributed by atoms with van der Waals surface area (Å²) in [4.78, 5) is 20.0. The molecule has 0 saturated carbocycles. The van der Waals surface area contributed by atoms with Gasteiger partial charge in [-0.25, -0.2) is 4.98 Å². The third-order valence-corrected chi connectivity index (χ3v) is 5.01. The Kier molecular flexibility index (Phi) is 4.15. The number of nitrogens with zero attached hydrogens (tertiary/aromatic N) is 4. The molecule has 0 spiro atoms. The Morgan fingerprint density at radius 1 is 1.36 bits per heavy atom. The van der Waals surface area contributed by atoms with Crippen molar-refractivity contribution in [2.24, 2.45) is 7.05 Å². The van der Waals surface area contributed by atoms with Crippen LogP contribution in [0.1, 0.15) is 33.8 Å². The van der Waals surface area contributed by atoms with E-state index in [2.05, 4.69) is 19.6 Å². The van der Waals surface area contributed by atoms with Gasteiger partial charge in [0.1, 0.15) is 0 Å². The van der Waals surface area contributed by atoms with Gasteiger partial charge < -0.3 is 14.8 Å². The van der Waals surface area contributed by atoms with Crippen LogP contribution in [-0.2, 0) is 7.05 Å². The predicted molar refractivity (Wildman–Crippen MR) is 87.5 cm³/mol. The number of hydrogen-bond acceptors (Lipinski definition) is 5. The van der Waals surface area contributed by atoms with E-state index in [4.69, 9.17) is 0 Å². The Morgan fingerprint density at radius 3 is 2.64 bits per heavy atom. The van der Waals surface area contributed by atoms with Crippen molar-refractivity contribution in [1.82, 2.24) is 19.2 Å². The van der Waals surface area contributed by atoms with Gasteiger partial charge in [0.15, 0.2) is 0 Å². The second-order valence-corrected chi connectivity index (χ2v) is 6.75. The monoisotopic (exact) mass is 319 g/mol. The van der Waals surface area contributed by atoms with E-state index in [9.17, 15) is 4.79 Å². The minimum Gasteiger partial charge on any atom is -0.349 e. The quantitative estimate of drug-likeness (QED) is 0.938. The largest absolute Gasteiger partial charge is 0.349 e. The minimum atomic E-state index is 0.0131. The fourth-order valence-corrected chi connectivity index (χ4v) is 3.65. The van der Waals surface area contributed by atoms with Crippen LogP contribution in [0.3, 0.4) is 0 Å². The van der Waals surface area contributed by atoms with E-state index in [1.165, 1.54) is 11.5 Å². The number of aryl methyl sites for hydroxylation is 3. The molecule has 3 rings (SSSR count). The van der Waals surface area contributed by atoms with E-state index >= 15 is 0 Å². The van der Waals surface area contributed by atoms with E-state index < -0.39 is 0 Å². The number of piperidine rings is 1. The van der Waals surface area contributed by atoms with Gasteiger partial charge in [0.05, 0.1) is 11.3 Å². The molecule has 1 fully saturated rings. The van der Waals surface area contributed by atoms with Crippen LogP contribution in [0.2, 0.25) is 0 Å². The van der Waals surface area contributed by atoms with Gasteiger partial charge >= 0.3 is 0 Å². The molecule has 7 heteroatoms. The van der Waals surface area contributed by atoms with Crippen molar-refractivity contribution in [1.29, 1.82) is 0 Å². The topological polar surface area (TPSA) is 63.1 Å². The first-order chi connectivity index (χ1) is 10.6. The summed E-state index contributed by atoms with van der Waals surface area (Å²) in [6, 6.07) is 0.225. The Hall–Kier alpha value is -1.89. The standard InChI is InChI=1S/C15H21N5OS/c1-10-13(11(2)22-18-10)14(21)17-12-4-7-20(8-5-12)15-16-6-9-19(15)3/h6,9,12H,4-5,7-8H2,1-3H3,(H,17,21). The van der Waals surface area contributed by atoms with Gasteiger partial charge in [-0.1, -0.05) is 0 Å². The number of nitrogens with one attached hydrogen (secondary N) is 1. The maximum Gasteiger partial charge on any atom is 0.254 e. The van der Waals surface area contributed by atoms with Crippen molar-refractivity contribution in [3.63, 3.8) is 0 Å². The molecule has 1 saturated heterocycles. The molecule has 1 aliphatic heterocycles. The summed E-state index contributed by atoms with van der Waals surface area (Å²) >= 11 is 1.39. The van der Waals surface area contributed by atoms with Crippen LogP contribution >= 0.6 is 11.5 Å². The molecule has 0 atom stereocenters. The Labute approximate surface area is 134 Å². The third kappa shape index (κ3) is 2.85. The summed E-state index contributed by atoms with van der Waals surface area (Å²) in [5.74, 6) is 1.01. The average Bonchev–Trinajstić information content (AvgIpc) is 3.06. The van der Waals surface area contributed by atoms with Crippen molar-refractivity contribution in [2.75, 3.05) is 18.0 Å². The lowest BCUT2D eigenvalue weighted by molar-refractivity contribution is 0.0930. The van der Waals surface area contributed by atoms with Crippen LogP contribution in [0.15, 0.2) is 12.4 Å². The van der Waals surface area contributed by atoms with Crippen LogP contribution in [-0.4, -0.2) is 39.0 Å². The lowest BCUT2D eigenvalue weighted by Crippen LogP contribution is -2.45. The third-order valence-electron chi connectivity index (χ3n) is 4.17. The first-order valence-electron chi connectivity index (χ1n) is 7.52. The van der Waals surface area contributed by atoms with Crippen LogP contribution < -0.4 is 10.2 Å². The zero-order chi connectivity index (χ0) is 15.7. The second kappa shape index (κ2) is 6.08. The molecule has 22 heavy (non-hydrogen) atoms. The average molecular weight is 319 g/mol. The molecule has 3 heterocycles. The number of anilines is 1. The lowest BCUT2D eigenvalue weighted by Gasteiger charge is -2.33. The van der Waals surface area contributed by atoms with Gasteiger partial charge in [0.25, 0.3) is 5.91 Å². The molecule has 118 valence electrons. The number of amides is 1. The Balaban J connectivity index is 1.58. The van der Waals surface area contributed by atoms with E-state index in [0.29, 0.717) is 0 Å². The maximum atomic E-state index is 12.4. The van der Waals surface area contributed by atoms with Gasteiger partial charge in [0.2, 0.25) is 5.95 Å². The number of hydrogen-bond donors (Lipinski definition) is 1. The van der Waals surface area contributed by atoms with Gasteiger partial charge in [-0.2, -0.15) is 4.37 Å². The van der Waals surface area contributed by atoms with Gasteiger partial charge in [0, 0.05) is 43.4 Å². The highest BCUT2D eigenvalue weighted by Crippen LogP contribution is 2.20. The summed E-state index contributed by atoms with van der Waals surface area (Å²) in [7, 11) is 2.01. The maximum absolute atomic E-state index is 12.4. The van der Waals surface area contributed by atoms with Crippen molar-refractivity contribution in [2.45, 2.75) is 32.7 Å². The molecular formula is C15H21N5OS. The summed E-state index contributed by atoms with van der Waals surface area (Å²) in [6.45, 7) is 5.66. The van der Waals surface area contributed by atoms with Crippen molar-refractivity contribution in [3.8, 4) is 0 Å². The fourth-order valence-electron chi connectivity index (χ4n) is 2.95. The van der Waals surface area contributed by atoms with Gasteiger partial charge in [-0.05, 0) is 38.2 Å². The number of rotatable bonds is 3. The van der Waals surface area contributed by atoms with Crippen LogP contribution in [0, 0.1) is 13.8 Å². The summed E-state index contributed by atoms with van der Waals surface area (Å²) < 4.78 is 6.28. The molecule has 1 aliphatic rings. The SMILES string of the molecule is Cc1nsc(C)c1C(=O)NC1CCN(c2nccn2C)CC1. The molecule has 2 aromatic rings. The summed E-state index contributed by atoms with van der Waals surface area (Å²) in [5, 5.41) is 3.16. The minimum absolute atomic E-state index is 0.0131. The smallest absolute Gasteiger partial charge is 0.254 e. The molecular weight excluding hydrogens is 298 g/mol. The van der Waals surface area contributed by atoms with E-state index in [1.807, 2.05) is 37.9 Å². The first kappa shape index (κ1) is 15.0. The fraction of sp³-hybridized carbons (Fsp3) is 0.533. The molecule has 1 N–H and O–H groups in total. The predicted octanol–water partition coefficient (Wildman–Crippen LogP) is 1.89. The molecule has 0 aromatic carbocycles. The highest BCUT2D eigenvalue weighted by atomic mass is 32.1. The van der Waals surface area contributed by atoms with E-state index in [1.54, 1.807) is 0 Å². The molecule has 0 aliphatic carbocycles. The number of carbonyl (C=O) groups excluding carboxylic acids is 1. The van der Waals surface area contributed by atoms with Gasteiger partial charge in [-0.15, -0.1) is 0 Å². The summed E-state index contributed by atoms with van der Waals surface area (Å²) in [6.07, 6.45) is 5.65. The first-order valence-corrected chi connectivity index (χ1v) is 8.29. The van der Waals surface area contributed by atoms with Crippen LogP contribution in [0.5, 0.6) is 0 Å². The molecule has 6 nitrogen and oxygen atoms in total. The molecule has 0 radical (unpaired) electrons. The van der Waals surface area contributed by atoms with Gasteiger partial charge in [-0.3, -0.25) is 4.79 Å². The summed E-state index contributed by atoms with van der Waals surface area (Å²) in [5.41, 5.74) is 1.57. The molecule has 1 amide bonds. The number of aromatic nitrogens is 3. The molecule has 2 aromatic heterocycles. The van der Waals surface area contributed by atoms with Crippen molar-refractivity contribution in [3.05, 3.63) is 28.5 Å².